The van der Waals surface area contributed by atoms with Crippen molar-refractivity contribution in [3.63, 3.8) is 0 Å². The van der Waals surface area contributed by atoms with Gasteiger partial charge in [0, 0.05) is 36.2 Å². The van der Waals surface area contributed by atoms with Gasteiger partial charge in [0.25, 0.3) is 0 Å². The number of para-hydroxylation sites is 1. The van der Waals surface area contributed by atoms with Crippen molar-refractivity contribution in [1.82, 2.24) is 15.6 Å². The summed E-state index contributed by atoms with van der Waals surface area (Å²) < 4.78 is 0. The van der Waals surface area contributed by atoms with Crippen LogP contribution in [0.3, 0.4) is 0 Å². The number of H-pyrrole nitrogens is 1. The van der Waals surface area contributed by atoms with Gasteiger partial charge in [0.2, 0.25) is 5.91 Å². The van der Waals surface area contributed by atoms with Gasteiger partial charge in [0.05, 0.1) is 6.42 Å². The number of aromatic nitrogens is 1. The van der Waals surface area contributed by atoms with Crippen LogP contribution in [0.5, 0.6) is 0 Å². The average molecular weight is 259 g/mol. The zero-order chi connectivity index (χ0) is 13.7. The van der Waals surface area contributed by atoms with E-state index in [2.05, 4.69) is 29.5 Å². The van der Waals surface area contributed by atoms with E-state index < -0.39 is 0 Å². The van der Waals surface area contributed by atoms with Crippen molar-refractivity contribution in [3.05, 3.63) is 36.0 Å². The van der Waals surface area contributed by atoms with E-state index in [0.717, 1.165) is 23.0 Å². The van der Waals surface area contributed by atoms with E-state index in [0.29, 0.717) is 19.0 Å². The zero-order valence-corrected chi connectivity index (χ0v) is 11.5. The normalized spacial score (nSPS) is 11.1. The van der Waals surface area contributed by atoms with Crippen LogP contribution >= 0.6 is 0 Å². The molecule has 0 aliphatic heterocycles. The van der Waals surface area contributed by atoms with Gasteiger partial charge in [-0.2, -0.15) is 0 Å². The Morgan fingerprint density at radius 2 is 2.05 bits per heavy atom. The maximum absolute atomic E-state index is 11.8. The third kappa shape index (κ3) is 3.83. The second-order valence-electron chi connectivity index (χ2n) is 5.00. The molecule has 0 atom stereocenters. The molecule has 102 valence electrons. The van der Waals surface area contributed by atoms with Crippen molar-refractivity contribution in [1.29, 1.82) is 0 Å². The van der Waals surface area contributed by atoms with Gasteiger partial charge in [0.15, 0.2) is 0 Å². The second kappa shape index (κ2) is 6.38. The van der Waals surface area contributed by atoms with Crippen LogP contribution in [0.25, 0.3) is 10.9 Å². The fourth-order valence-electron chi connectivity index (χ4n) is 2.08. The molecule has 0 aliphatic rings. The molecule has 0 bridgehead atoms. The number of carbonyl (C=O) groups is 1. The third-order valence-corrected chi connectivity index (χ3v) is 3.03. The Balaban J connectivity index is 1.85. The number of fused-ring (bicyclic) bond motifs is 1. The Hall–Kier alpha value is -1.81. The summed E-state index contributed by atoms with van der Waals surface area (Å²) >= 11 is 0. The lowest BCUT2D eigenvalue weighted by molar-refractivity contribution is -0.120. The van der Waals surface area contributed by atoms with Gasteiger partial charge in [-0.1, -0.05) is 32.0 Å². The van der Waals surface area contributed by atoms with Crippen molar-refractivity contribution < 1.29 is 4.79 Å². The largest absolute Gasteiger partial charge is 0.361 e. The quantitative estimate of drug-likeness (QED) is 0.693. The van der Waals surface area contributed by atoms with Gasteiger partial charge in [-0.3, -0.25) is 4.79 Å². The summed E-state index contributed by atoms with van der Waals surface area (Å²) in [5.74, 6) is 0.0651. The number of nitrogens with one attached hydrogen (secondary N) is 3. The van der Waals surface area contributed by atoms with Crippen LogP contribution in [-0.2, 0) is 11.2 Å². The predicted octanol–water partition coefficient (Wildman–Crippen LogP) is 1.82. The van der Waals surface area contributed by atoms with E-state index in [1.165, 1.54) is 0 Å². The summed E-state index contributed by atoms with van der Waals surface area (Å²) in [6, 6.07) is 8.48. The molecule has 3 N–H and O–H groups in total. The molecule has 0 saturated carbocycles. The molecular formula is C15H21N3O. The SMILES string of the molecule is CC(C)NCCNC(=O)Cc1c[nH]c2ccccc12. The topological polar surface area (TPSA) is 56.9 Å². The van der Waals surface area contributed by atoms with Crippen LogP contribution in [0.1, 0.15) is 19.4 Å². The zero-order valence-electron chi connectivity index (χ0n) is 11.5. The number of hydrogen-bond donors (Lipinski definition) is 3. The van der Waals surface area contributed by atoms with Crippen molar-refractivity contribution in [2.45, 2.75) is 26.3 Å². The van der Waals surface area contributed by atoms with E-state index in [-0.39, 0.29) is 5.91 Å². The number of benzene rings is 1. The van der Waals surface area contributed by atoms with E-state index in [1.54, 1.807) is 0 Å². The van der Waals surface area contributed by atoms with Crippen LogP contribution in [0, 0.1) is 0 Å². The van der Waals surface area contributed by atoms with Gasteiger partial charge >= 0.3 is 0 Å². The highest BCUT2D eigenvalue weighted by atomic mass is 16.1. The Kier molecular flexibility index (Phi) is 4.58. The molecule has 2 aromatic rings. The first-order chi connectivity index (χ1) is 9.16. The lowest BCUT2D eigenvalue weighted by Crippen LogP contribution is -2.35. The predicted molar refractivity (Wildman–Crippen MR) is 78.2 cm³/mol. The fraction of sp³-hybridized carbons (Fsp3) is 0.400. The molecule has 19 heavy (non-hydrogen) atoms. The lowest BCUT2D eigenvalue weighted by Gasteiger charge is -2.08. The van der Waals surface area contributed by atoms with Crippen LogP contribution in [0.4, 0.5) is 0 Å². The fourth-order valence-corrected chi connectivity index (χ4v) is 2.08. The highest BCUT2D eigenvalue weighted by Crippen LogP contribution is 2.17. The Bertz CT molecular complexity index is 545. The van der Waals surface area contributed by atoms with E-state index in [9.17, 15) is 4.79 Å². The standard InChI is InChI=1S/C15H21N3O/c1-11(2)16-7-8-17-15(19)9-12-10-18-14-6-4-3-5-13(12)14/h3-6,10-11,16,18H,7-9H2,1-2H3,(H,17,19). The summed E-state index contributed by atoms with van der Waals surface area (Å²) in [7, 11) is 0. The maximum atomic E-state index is 11.8. The monoisotopic (exact) mass is 259 g/mol. The highest BCUT2D eigenvalue weighted by molar-refractivity contribution is 5.88. The van der Waals surface area contributed by atoms with Crippen molar-refractivity contribution in [3.8, 4) is 0 Å². The van der Waals surface area contributed by atoms with Crippen molar-refractivity contribution in [2.24, 2.45) is 0 Å². The van der Waals surface area contributed by atoms with E-state index in [1.807, 2.05) is 30.5 Å². The summed E-state index contributed by atoms with van der Waals surface area (Å²) in [4.78, 5) is 15.0. The van der Waals surface area contributed by atoms with Crippen LogP contribution in [0.15, 0.2) is 30.5 Å². The first kappa shape index (κ1) is 13.6. The molecule has 1 aromatic carbocycles. The second-order valence-corrected chi connectivity index (χ2v) is 5.00. The first-order valence-corrected chi connectivity index (χ1v) is 6.72. The van der Waals surface area contributed by atoms with Crippen LogP contribution in [-0.4, -0.2) is 30.0 Å². The van der Waals surface area contributed by atoms with Crippen molar-refractivity contribution >= 4 is 16.8 Å². The molecule has 0 fully saturated rings. The molecule has 0 saturated heterocycles. The number of carbonyl (C=O) groups excluding carboxylic acids is 1. The summed E-state index contributed by atoms with van der Waals surface area (Å²) in [5, 5.41) is 7.32. The Morgan fingerprint density at radius 3 is 2.84 bits per heavy atom. The minimum atomic E-state index is 0.0651. The number of aromatic amines is 1. The lowest BCUT2D eigenvalue weighted by atomic mass is 10.1. The first-order valence-electron chi connectivity index (χ1n) is 6.72. The Morgan fingerprint density at radius 1 is 1.26 bits per heavy atom. The van der Waals surface area contributed by atoms with Crippen LogP contribution < -0.4 is 10.6 Å². The third-order valence-electron chi connectivity index (χ3n) is 3.03. The van der Waals surface area contributed by atoms with Crippen LogP contribution in [0.2, 0.25) is 0 Å². The molecule has 0 unspecified atom stereocenters. The number of amides is 1. The smallest absolute Gasteiger partial charge is 0.224 e. The molecule has 0 aliphatic carbocycles. The minimum Gasteiger partial charge on any atom is -0.361 e. The van der Waals surface area contributed by atoms with Crippen molar-refractivity contribution in [2.75, 3.05) is 13.1 Å². The Labute approximate surface area is 113 Å². The molecule has 1 amide bonds. The molecule has 2 rings (SSSR count). The molecule has 1 aromatic heterocycles. The van der Waals surface area contributed by atoms with Gasteiger partial charge in [0.1, 0.15) is 0 Å². The highest BCUT2D eigenvalue weighted by Gasteiger charge is 2.07. The molecule has 0 spiro atoms. The summed E-state index contributed by atoms with van der Waals surface area (Å²) in [6.45, 7) is 5.65. The maximum Gasteiger partial charge on any atom is 0.224 e. The van der Waals surface area contributed by atoms with Gasteiger partial charge in [-0.25, -0.2) is 0 Å². The van der Waals surface area contributed by atoms with E-state index >= 15 is 0 Å². The molecule has 0 radical (unpaired) electrons. The molecule has 4 nitrogen and oxygen atoms in total. The average Bonchev–Trinajstić information content (AvgIpc) is 2.78. The molecular weight excluding hydrogens is 238 g/mol. The summed E-state index contributed by atoms with van der Waals surface area (Å²) in [5.41, 5.74) is 2.12. The minimum absolute atomic E-state index is 0.0651. The molecule has 1 heterocycles. The number of rotatable bonds is 6. The van der Waals surface area contributed by atoms with E-state index in [4.69, 9.17) is 0 Å². The van der Waals surface area contributed by atoms with Gasteiger partial charge in [-0.05, 0) is 11.6 Å². The molecule has 4 heteroatoms. The van der Waals surface area contributed by atoms with Gasteiger partial charge < -0.3 is 15.6 Å². The number of hydrogen-bond acceptors (Lipinski definition) is 2. The van der Waals surface area contributed by atoms with Gasteiger partial charge in [-0.15, -0.1) is 0 Å². The summed E-state index contributed by atoms with van der Waals surface area (Å²) in [6.07, 6.45) is 2.34.